The molecule has 70 valence electrons. The molecule has 14 heavy (non-hydrogen) atoms. The third-order valence-electron chi connectivity index (χ3n) is 1.53. The van der Waals surface area contributed by atoms with Crippen LogP contribution in [0.3, 0.4) is 0 Å². The number of rotatable bonds is 0. The molecule has 0 saturated heterocycles. The second kappa shape index (κ2) is 3.41. The van der Waals surface area contributed by atoms with Gasteiger partial charge in [0.25, 0.3) is 5.69 Å². The molecule has 0 bridgehead atoms. The highest BCUT2D eigenvalue weighted by atomic mass is 35.5. The van der Waals surface area contributed by atoms with Crippen LogP contribution in [0.4, 0.5) is 10.1 Å². The second-order valence-corrected chi connectivity index (χ2v) is 2.65. The van der Waals surface area contributed by atoms with E-state index in [0.717, 1.165) is 0 Å². The highest BCUT2D eigenvalue weighted by molar-refractivity contribution is 6.34. The van der Waals surface area contributed by atoms with E-state index in [9.17, 15) is 4.39 Å². The molecule has 6 heteroatoms. The Hall–Kier alpha value is -1.98. The van der Waals surface area contributed by atoms with Crippen molar-refractivity contribution < 1.29 is 14.6 Å². The van der Waals surface area contributed by atoms with Gasteiger partial charge in [0.15, 0.2) is 11.6 Å². The topological polar surface area (TPSA) is 68.6 Å². The van der Waals surface area contributed by atoms with E-state index in [1.807, 2.05) is 0 Å². The summed E-state index contributed by atoms with van der Waals surface area (Å²) in [5.41, 5.74) is -1.52. The van der Waals surface area contributed by atoms with Crippen molar-refractivity contribution in [1.82, 2.24) is 0 Å². The van der Waals surface area contributed by atoms with Crippen LogP contribution in [0.2, 0.25) is 5.02 Å². The second-order valence-electron chi connectivity index (χ2n) is 2.27. The van der Waals surface area contributed by atoms with Gasteiger partial charge in [-0.25, -0.2) is 9.24 Å². The normalized spacial score (nSPS) is 9.14. The molecule has 1 aromatic carbocycles. The van der Waals surface area contributed by atoms with Gasteiger partial charge in [0.2, 0.25) is 0 Å². The minimum Gasteiger partial charge on any atom is -0.517 e. The van der Waals surface area contributed by atoms with Crippen molar-refractivity contribution in [2.24, 2.45) is 0 Å². The van der Waals surface area contributed by atoms with Crippen LogP contribution in [0, 0.1) is 23.7 Å². The Balaban J connectivity index is 3.78. The predicted octanol–water partition coefficient (Wildman–Crippen LogP) is 2.31. The van der Waals surface area contributed by atoms with Crippen molar-refractivity contribution in [3.63, 3.8) is 0 Å². The molecule has 0 spiro atoms. The highest BCUT2D eigenvalue weighted by Crippen LogP contribution is 2.44. The van der Waals surface area contributed by atoms with E-state index in [1.165, 1.54) is 6.07 Å². The quantitative estimate of drug-likeness (QED) is 0.649. The summed E-state index contributed by atoms with van der Waals surface area (Å²) >= 11 is 5.36. The summed E-state index contributed by atoms with van der Waals surface area (Å²) in [6.07, 6.45) is 0. The van der Waals surface area contributed by atoms with Crippen molar-refractivity contribution in [2.75, 3.05) is 0 Å². The summed E-state index contributed by atoms with van der Waals surface area (Å²) in [6, 6.07) is 1.34. The first-order chi connectivity index (χ1) is 6.54. The van der Waals surface area contributed by atoms with Crippen LogP contribution < -0.4 is 0 Å². The summed E-state index contributed by atoms with van der Waals surface area (Å²) in [5.74, 6) is -3.01. The van der Waals surface area contributed by atoms with Crippen molar-refractivity contribution in [2.45, 2.75) is 0 Å². The summed E-state index contributed by atoms with van der Waals surface area (Å²) < 4.78 is 13.2. The number of benzene rings is 1. The molecule has 0 aliphatic rings. The van der Waals surface area contributed by atoms with Crippen molar-refractivity contribution in [1.29, 1.82) is 5.26 Å². The first-order valence-electron chi connectivity index (χ1n) is 3.25. The first kappa shape index (κ1) is 10.1. The van der Waals surface area contributed by atoms with E-state index in [0.29, 0.717) is 0 Å². The van der Waals surface area contributed by atoms with Crippen LogP contribution in [-0.2, 0) is 0 Å². The van der Waals surface area contributed by atoms with Crippen molar-refractivity contribution in [3.8, 4) is 17.6 Å². The summed E-state index contributed by atoms with van der Waals surface area (Å²) in [7, 11) is 0. The molecule has 0 atom stereocenters. The smallest absolute Gasteiger partial charge is 0.265 e. The van der Waals surface area contributed by atoms with Crippen LogP contribution in [0.1, 0.15) is 5.56 Å². The Labute approximate surface area is 83.2 Å². The largest absolute Gasteiger partial charge is 0.517 e. The van der Waals surface area contributed by atoms with Gasteiger partial charge in [-0.2, -0.15) is 5.26 Å². The molecule has 0 aliphatic carbocycles. The Kier molecular flexibility index (Phi) is 2.46. The maximum absolute atomic E-state index is 13.2. The number of aromatic hydroxyl groups is 2. The van der Waals surface area contributed by atoms with Gasteiger partial charge in [-0.3, -0.25) is 0 Å². The zero-order chi connectivity index (χ0) is 10.9. The summed E-state index contributed by atoms with van der Waals surface area (Å²) in [6.45, 7) is 6.54. The lowest BCUT2D eigenvalue weighted by Gasteiger charge is -2.05. The number of phenols is 2. The molecule has 4 nitrogen and oxygen atoms in total. The monoisotopic (exact) mass is 212 g/mol. The zero-order valence-electron chi connectivity index (χ0n) is 6.54. The molecule has 2 N–H and O–H groups in total. The van der Waals surface area contributed by atoms with E-state index in [4.69, 9.17) is 33.6 Å². The van der Waals surface area contributed by atoms with Gasteiger partial charge in [0, 0.05) is 0 Å². The summed E-state index contributed by atoms with van der Waals surface area (Å²) in [4.78, 5) is 2.66. The Morgan fingerprint density at radius 2 is 2.00 bits per heavy atom. The minimum absolute atomic E-state index is 0.603. The molecule has 0 fully saturated rings. The van der Waals surface area contributed by atoms with Crippen molar-refractivity contribution >= 4 is 17.3 Å². The zero-order valence-corrected chi connectivity index (χ0v) is 7.30. The Morgan fingerprint density at radius 1 is 1.43 bits per heavy atom. The average molecular weight is 213 g/mol. The van der Waals surface area contributed by atoms with Crippen LogP contribution in [0.25, 0.3) is 4.85 Å². The molecular formula is C8H2ClFN2O2. The molecule has 0 aliphatic heterocycles. The minimum atomic E-state index is -1.28. The van der Waals surface area contributed by atoms with Crippen molar-refractivity contribution in [3.05, 3.63) is 27.8 Å². The van der Waals surface area contributed by atoms with Gasteiger partial charge in [0.1, 0.15) is 22.4 Å². The summed E-state index contributed by atoms with van der Waals surface area (Å²) in [5, 5.41) is 26.1. The average Bonchev–Trinajstić information content (AvgIpc) is 2.16. The van der Waals surface area contributed by atoms with Crippen LogP contribution in [-0.4, -0.2) is 10.2 Å². The van der Waals surface area contributed by atoms with Crippen LogP contribution in [0.5, 0.6) is 11.5 Å². The number of hydrogen-bond acceptors (Lipinski definition) is 3. The van der Waals surface area contributed by atoms with Gasteiger partial charge < -0.3 is 10.2 Å². The van der Waals surface area contributed by atoms with Gasteiger partial charge in [0.05, 0.1) is 6.57 Å². The number of phenolic OH excluding ortho intramolecular Hbond substituents is 2. The maximum atomic E-state index is 13.2. The van der Waals surface area contributed by atoms with Gasteiger partial charge in [-0.1, -0.05) is 11.6 Å². The predicted molar refractivity (Wildman–Crippen MR) is 45.7 cm³/mol. The fourth-order valence-electron chi connectivity index (χ4n) is 0.856. The standard InChI is InChI=1S/C8H2ClFN2O2/c1-12-6-5(10)3(2-11)7(13)4(9)8(6)14/h13-14H. The van der Waals surface area contributed by atoms with Gasteiger partial charge in [-0.05, 0) is 0 Å². The molecule has 0 amide bonds. The van der Waals surface area contributed by atoms with Gasteiger partial charge >= 0.3 is 0 Å². The van der Waals surface area contributed by atoms with E-state index in [1.54, 1.807) is 0 Å². The fraction of sp³-hybridized carbons (Fsp3) is 0. The lowest BCUT2D eigenvalue weighted by atomic mass is 10.1. The third kappa shape index (κ3) is 1.20. The van der Waals surface area contributed by atoms with E-state index < -0.39 is 33.6 Å². The molecule has 0 saturated carbocycles. The maximum Gasteiger partial charge on any atom is 0.265 e. The number of nitrogens with zero attached hydrogens (tertiary/aromatic N) is 2. The SMILES string of the molecule is [C-]#[N+]c1c(O)c(Cl)c(O)c(C#N)c1F. The Bertz CT molecular complexity index is 447. The van der Waals surface area contributed by atoms with E-state index in [2.05, 4.69) is 4.85 Å². The molecule has 0 heterocycles. The van der Waals surface area contributed by atoms with Crippen LogP contribution in [0.15, 0.2) is 0 Å². The molecule has 0 aromatic heterocycles. The molecule has 0 radical (unpaired) electrons. The Morgan fingerprint density at radius 3 is 2.43 bits per heavy atom. The lowest BCUT2D eigenvalue weighted by molar-refractivity contribution is 0.443. The van der Waals surface area contributed by atoms with Crippen LogP contribution >= 0.6 is 11.6 Å². The third-order valence-corrected chi connectivity index (χ3v) is 1.89. The number of hydrogen-bond donors (Lipinski definition) is 2. The molecular weight excluding hydrogens is 211 g/mol. The first-order valence-corrected chi connectivity index (χ1v) is 3.62. The lowest BCUT2D eigenvalue weighted by Crippen LogP contribution is -1.87. The van der Waals surface area contributed by atoms with Gasteiger partial charge in [-0.15, -0.1) is 0 Å². The highest BCUT2D eigenvalue weighted by Gasteiger charge is 2.22. The number of halogens is 2. The fourth-order valence-corrected chi connectivity index (χ4v) is 1.04. The van der Waals surface area contributed by atoms with E-state index in [-0.39, 0.29) is 0 Å². The van der Waals surface area contributed by atoms with E-state index >= 15 is 0 Å². The molecule has 1 rings (SSSR count). The molecule has 1 aromatic rings. The molecule has 0 unspecified atom stereocenters. The number of nitriles is 1.